The molecule has 0 radical (unpaired) electrons. The van der Waals surface area contributed by atoms with Crippen molar-refractivity contribution in [2.75, 3.05) is 0 Å². The van der Waals surface area contributed by atoms with Crippen LogP contribution in [0.25, 0.3) is 0 Å². The molecule has 0 aromatic heterocycles. The number of aliphatic hydroxyl groups is 2. The van der Waals surface area contributed by atoms with E-state index in [9.17, 15) is 19.8 Å². The summed E-state index contributed by atoms with van der Waals surface area (Å²) in [5, 5.41) is 36.2. The Bertz CT molecular complexity index is 507. The predicted molar refractivity (Wildman–Crippen MR) is 80.1 cm³/mol. The van der Waals surface area contributed by atoms with Crippen LogP contribution < -0.4 is 0 Å². The summed E-state index contributed by atoms with van der Waals surface area (Å²) in [5.41, 5.74) is -2.50. The van der Waals surface area contributed by atoms with Crippen molar-refractivity contribution in [3.05, 3.63) is 48.6 Å². The average Bonchev–Trinajstić information content (AvgIpc) is 2.37. The third kappa shape index (κ3) is 5.91. The van der Waals surface area contributed by atoms with E-state index in [0.717, 1.165) is 0 Å². The maximum atomic E-state index is 10.5. The second kappa shape index (κ2) is 8.40. The van der Waals surface area contributed by atoms with E-state index in [4.69, 9.17) is 10.2 Å². The molecule has 0 saturated carbocycles. The van der Waals surface area contributed by atoms with Gasteiger partial charge >= 0.3 is 11.9 Å². The van der Waals surface area contributed by atoms with Crippen molar-refractivity contribution in [3.8, 4) is 0 Å². The Morgan fingerprint density at radius 1 is 0.783 bits per heavy atom. The first kappa shape index (κ1) is 21.5. The quantitative estimate of drug-likeness (QED) is 0.552. The van der Waals surface area contributed by atoms with Crippen LogP contribution in [0.4, 0.5) is 0 Å². The Hall–Kier alpha value is -1.47. The normalized spacial score (nSPS) is 34.1. The second-order valence-corrected chi connectivity index (χ2v) is 5.57. The molecule has 0 amide bonds. The van der Waals surface area contributed by atoms with Crippen LogP contribution in [0.1, 0.15) is 13.8 Å². The first-order valence-electron chi connectivity index (χ1n) is 6.70. The van der Waals surface area contributed by atoms with Crippen molar-refractivity contribution in [1.29, 1.82) is 0 Å². The number of carboxylic acids is 2. The SMILES string of the molecule is CC1(O)C=CC=CC1C(=O)O.CC1(O)C=CC=CC1C(=O)O.[Ti]. The molecule has 4 N–H and O–H groups in total. The Kier molecular flexibility index (Phi) is 7.87. The first-order valence-corrected chi connectivity index (χ1v) is 6.70. The minimum absolute atomic E-state index is 0. The molecule has 6 nitrogen and oxygen atoms in total. The largest absolute Gasteiger partial charge is 0.481 e. The summed E-state index contributed by atoms with van der Waals surface area (Å²) in [4.78, 5) is 21.0. The molecule has 0 heterocycles. The molecule has 0 fully saturated rings. The second-order valence-electron chi connectivity index (χ2n) is 5.57. The Labute approximate surface area is 149 Å². The van der Waals surface area contributed by atoms with Gasteiger partial charge in [-0.3, -0.25) is 9.59 Å². The molecule has 0 bridgehead atoms. The van der Waals surface area contributed by atoms with Crippen molar-refractivity contribution in [2.45, 2.75) is 25.0 Å². The third-order valence-electron chi connectivity index (χ3n) is 3.49. The van der Waals surface area contributed by atoms with Crippen LogP contribution in [0.5, 0.6) is 0 Å². The van der Waals surface area contributed by atoms with Crippen LogP contribution >= 0.6 is 0 Å². The maximum Gasteiger partial charge on any atom is 0.313 e. The molecule has 7 heteroatoms. The van der Waals surface area contributed by atoms with Crippen molar-refractivity contribution in [3.63, 3.8) is 0 Å². The number of carbonyl (C=O) groups is 2. The summed E-state index contributed by atoms with van der Waals surface area (Å²) in [6.45, 7) is 2.96. The van der Waals surface area contributed by atoms with Gasteiger partial charge in [0, 0.05) is 21.7 Å². The number of aliphatic carboxylic acids is 2. The van der Waals surface area contributed by atoms with Crippen LogP contribution in [0.3, 0.4) is 0 Å². The van der Waals surface area contributed by atoms with Gasteiger partial charge in [-0.15, -0.1) is 0 Å². The van der Waals surface area contributed by atoms with Gasteiger partial charge in [-0.1, -0.05) is 48.6 Å². The predicted octanol–water partition coefficient (Wildman–Crippen LogP) is 1.13. The van der Waals surface area contributed by atoms with Crippen molar-refractivity contribution < 1.29 is 51.7 Å². The van der Waals surface area contributed by atoms with Gasteiger partial charge in [-0.25, -0.2) is 0 Å². The summed E-state index contributed by atoms with van der Waals surface area (Å²) >= 11 is 0. The van der Waals surface area contributed by atoms with E-state index in [-0.39, 0.29) is 21.7 Å². The zero-order chi connectivity index (χ0) is 17.0. The Morgan fingerprint density at radius 3 is 1.26 bits per heavy atom. The van der Waals surface area contributed by atoms with E-state index < -0.39 is 35.0 Å². The molecule has 0 aromatic carbocycles. The molecule has 2 rings (SSSR count). The van der Waals surface area contributed by atoms with E-state index in [1.807, 2.05) is 0 Å². The van der Waals surface area contributed by atoms with E-state index >= 15 is 0 Å². The van der Waals surface area contributed by atoms with E-state index in [1.54, 1.807) is 24.3 Å². The zero-order valence-corrected chi connectivity index (χ0v) is 14.4. The van der Waals surface area contributed by atoms with Gasteiger partial charge in [0.25, 0.3) is 0 Å². The van der Waals surface area contributed by atoms with Gasteiger partial charge in [-0.05, 0) is 13.8 Å². The van der Waals surface area contributed by atoms with Crippen LogP contribution in [0.15, 0.2) is 48.6 Å². The van der Waals surface area contributed by atoms with Gasteiger partial charge in [0.05, 0.1) is 11.2 Å². The van der Waals surface area contributed by atoms with E-state index in [1.165, 1.54) is 38.2 Å². The Morgan fingerprint density at radius 2 is 1.09 bits per heavy atom. The molecule has 0 spiro atoms. The topological polar surface area (TPSA) is 115 Å². The molecule has 0 aliphatic heterocycles. The summed E-state index contributed by atoms with van der Waals surface area (Å²) in [5.74, 6) is -3.66. The van der Waals surface area contributed by atoms with Gasteiger partial charge in [0.15, 0.2) is 0 Å². The molecule has 4 unspecified atom stereocenters. The molecule has 124 valence electrons. The van der Waals surface area contributed by atoms with Crippen LogP contribution in [-0.2, 0) is 31.3 Å². The molecule has 0 saturated heterocycles. The number of allylic oxidation sites excluding steroid dienone is 4. The smallest absolute Gasteiger partial charge is 0.313 e. The Balaban J connectivity index is 0.000000403. The van der Waals surface area contributed by atoms with Crippen molar-refractivity contribution in [1.82, 2.24) is 0 Å². The standard InChI is InChI=1S/2C8H10O3.Ti/c2*1-8(11)5-3-2-4-6(8)7(9)10;/h2*2-6,11H,1H3,(H,9,10);. The molecular formula is C16H20O6Ti. The van der Waals surface area contributed by atoms with Gasteiger partial charge in [-0.2, -0.15) is 0 Å². The summed E-state index contributed by atoms with van der Waals surface area (Å²) in [6.07, 6.45) is 12.4. The van der Waals surface area contributed by atoms with Gasteiger partial charge in [0.1, 0.15) is 11.8 Å². The summed E-state index contributed by atoms with van der Waals surface area (Å²) in [6, 6.07) is 0. The average molecular weight is 356 g/mol. The summed E-state index contributed by atoms with van der Waals surface area (Å²) in [7, 11) is 0. The van der Waals surface area contributed by atoms with Gasteiger partial charge < -0.3 is 20.4 Å². The number of rotatable bonds is 2. The molecule has 4 atom stereocenters. The monoisotopic (exact) mass is 356 g/mol. The third-order valence-corrected chi connectivity index (χ3v) is 3.49. The number of hydrogen-bond donors (Lipinski definition) is 4. The van der Waals surface area contributed by atoms with Crippen LogP contribution in [-0.4, -0.2) is 43.6 Å². The molecule has 2 aliphatic rings. The molecule has 0 aromatic rings. The molecule has 2 aliphatic carbocycles. The number of carboxylic acid groups (broad SMARTS) is 2. The fourth-order valence-corrected chi connectivity index (χ4v) is 2.11. The first-order chi connectivity index (χ1) is 10.1. The van der Waals surface area contributed by atoms with Crippen LogP contribution in [0, 0.1) is 11.8 Å². The van der Waals surface area contributed by atoms with E-state index in [2.05, 4.69) is 0 Å². The van der Waals surface area contributed by atoms with E-state index in [0.29, 0.717) is 0 Å². The minimum Gasteiger partial charge on any atom is -0.481 e. The summed E-state index contributed by atoms with van der Waals surface area (Å²) < 4.78 is 0. The zero-order valence-electron chi connectivity index (χ0n) is 12.9. The molecular weight excluding hydrogens is 336 g/mol. The van der Waals surface area contributed by atoms with Crippen molar-refractivity contribution >= 4 is 11.9 Å². The fraction of sp³-hybridized carbons (Fsp3) is 0.375. The minimum atomic E-state index is -1.25. The fourth-order valence-electron chi connectivity index (χ4n) is 2.11. The van der Waals surface area contributed by atoms with Gasteiger partial charge in [0.2, 0.25) is 0 Å². The van der Waals surface area contributed by atoms with Crippen LogP contribution in [0.2, 0.25) is 0 Å². The molecule has 23 heavy (non-hydrogen) atoms. The van der Waals surface area contributed by atoms with Crippen molar-refractivity contribution in [2.24, 2.45) is 11.8 Å². The maximum absolute atomic E-state index is 10.5. The number of hydrogen-bond acceptors (Lipinski definition) is 4.